The first-order valence-corrected chi connectivity index (χ1v) is 9.63. The molecule has 2 aromatic rings. The van der Waals surface area contributed by atoms with Crippen LogP contribution in [0.1, 0.15) is 16.1 Å². The van der Waals surface area contributed by atoms with Crippen molar-refractivity contribution < 1.29 is 27.1 Å². The largest absolute Gasteiger partial charge is 0.465 e. The second kappa shape index (κ2) is 9.20. The summed E-state index contributed by atoms with van der Waals surface area (Å²) in [5, 5.41) is 0.412. The van der Waals surface area contributed by atoms with E-state index in [1.54, 1.807) is 6.07 Å². The van der Waals surface area contributed by atoms with Gasteiger partial charge in [-0.15, -0.1) is 0 Å². The smallest absolute Gasteiger partial charge is 0.342 e. The van der Waals surface area contributed by atoms with E-state index in [4.69, 9.17) is 13.9 Å². The Morgan fingerprint density at radius 1 is 1.25 bits per heavy atom. The molecule has 0 unspecified atom stereocenters. The molecule has 0 aliphatic rings. The van der Waals surface area contributed by atoms with Crippen LogP contribution in [-0.2, 0) is 26.1 Å². The molecular formula is C20H21NO6S. The molecule has 0 aliphatic heterocycles. The summed E-state index contributed by atoms with van der Waals surface area (Å²) in [7, 11) is -1.16. The van der Waals surface area contributed by atoms with E-state index < -0.39 is 16.0 Å². The lowest BCUT2D eigenvalue weighted by molar-refractivity contribution is 0.0594. The average molecular weight is 403 g/mol. The fourth-order valence-corrected chi connectivity index (χ4v) is 3.59. The Hall–Kier alpha value is -3.10. The zero-order valence-corrected chi connectivity index (χ0v) is 16.4. The lowest BCUT2D eigenvalue weighted by Gasteiger charge is -2.09. The lowest BCUT2D eigenvalue weighted by Crippen LogP contribution is -2.14. The van der Waals surface area contributed by atoms with Crippen LogP contribution in [-0.4, -0.2) is 28.6 Å². The van der Waals surface area contributed by atoms with E-state index in [0.29, 0.717) is 16.7 Å². The van der Waals surface area contributed by atoms with E-state index in [9.17, 15) is 13.2 Å². The summed E-state index contributed by atoms with van der Waals surface area (Å²) in [4.78, 5) is 12.2. The Kier molecular flexibility index (Phi) is 6.97. The minimum absolute atomic E-state index is 0.00274. The molecule has 0 amide bonds. The molecule has 1 aromatic heterocycles. The quantitative estimate of drug-likeness (QED) is 0.504. The highest BCUT2D eigenvalue weighted by Crippen LogP contribution is 2.30. The molecule has 0 saturated heterocycles. The van der Waals surface area contributed by atoms with Crippen LogP contribution in [0.15, 0.2) is 71.1 Å². The van der Waals surface area contributed by atoms with Crippen molar-refractivity contribution in [3.05, 3.63) is 78.0 Å². The first kappa shape index (κ1) is 21.2. The number of rotatable bonds is 9. The minimum Gasteiger partial charge on any atom is -0.465 e. The van der Waals surface area contributed by atoms with Gasteiger partial charge >= 0.3 is 5.97 Å². The second-order valence-electron chi connectivity index (χ2n) is 5.54. The molecule has 7 nitrogen and oxygen atoms in total. The van der Waals surface area contributed by atoms with Gasteiger partial charge in [0.25, 0.3) is 10.0 Å². The molecule has 148 valence electrons. The standard InChI is InChI=1S/C20H21NO6S/c1-5-7-9-15(8-6-2)28(23,24)21-14-10-11-17-16(12-14)19(20(22)26-4)18(27-17)13-25-3/h5-12,21H,1-2,13H2,3-4H3/b9-7-,15-8+. The Bertz CT molecular complexity index is 1060. The Balaban J connectivity index is 2.52. The number of ether oxygens (including phenoxy) is 2. The number of benzene rings is 1. The summed E-state index contributed by atoms with van der Waals surface area (Å²) in [6.45, 7) is 7.12. The van der Waals surface area contributed by atoms with Gasteiger partial charge in [0.15, 0.2) is 0 Å². The van der Waals surface area contributed by atoms with Gasteiger partial charge < -0.3 is 13.9 Å². The predicted molar refractivity (Wildman–Crippen MR) is 108 cm³/mol. The fourth-order valence-electron chi connectivity index (χ4n) is 2.50. The maximum atomic E-state index is 12.7. The molecule has 0 aliphatic carbocycles. The van der Waals surface area contributed by atoms with Gasteiger partial charge in [-0.2, -0.15) is 0 Å². The van der Waals surface area contributed by atoms with Crippen LogP contribution in [0.2, 0.25) is 0 Å². The molecule has 0 bridgehead atoms. The Labute approximate surface area is 163 Å². The Morgan fingerprint density at radius 3 is 2.61 bits per heavy atom. The van der Waals surface area contributed by atoms with Crippen LogP contribution in [0.25, 0.3) is 11.0 Å². The van der Waals surface area contributed by atoms with E-state index >= 15 is 0 Å². The van der Waals surface area contributed by atoms with Crippen molar-refractivity contribution in [2.45, 2.75) is 6.61 Å². The predicted octanol–water partition coefficient (Wildman–Crippen LogP) is 3.92. The molecule has 0 radical (unpaired) electrons. The monoisotopic (exact) mass is 403 g/mol. The van der Waals surface area contributed by atoms with Crippen molar-refractivity contribution in [1.82, 2.24) is 0 Å². The normalized spacial score (nSPS) is 12.3. The first-order chi connectivity index (χ1) is 13.4. The number of hydrogen-bond acceptors (Lipinski definition) is 6. The van der Waals surface area contributed by atoms with Crippen LogP contribution < -0.4 is 4.72 Å². The fraction of sp³-hybridized carbons (Fsp3) is 0.150. The topological polar surface area (TPSA) is 94.8 Å². The van der Waals surface area contributed by atoms with E-state index in [0.717, 1.165) is 0 Å². The number of fused-ring (bicyclic) bond motifs is 1. The van der Waals surface area contributed by atoms with Crippen LogP contribution in [0.3, 0.4) is 0 Å². The van der Waals surface area contributed by atoms with Crippen molar-refractivity contribution in [2.24, 2.45) is 0 Å². The van der Waals surface area contributed by atoms with Crippen LogP contribution >= 0.6 is 0 Å². The summed E-state index contributed by atoms with van der Waals surface area (Å²) in [5.41, 5.74) is 0.849. The third kappa shape index (κ3) is 4.59. The van der Waals surface area contributed by atoms with Crippen LogP contribution in [0.4, 0.5) is 5.69 Å². The lowest BCUT2D eigenvalue weighted by atomic mass is 10.1. The highest BCUT2D eigenvalue weighted by atomic mass is 32.2. The number of carbonyl (C=O) groups excluding carboxylic acids is 1. The van der Waals surface area contributed by atoms with Crippen LogP contribution in [0.5, 0.6) is 0 Å². The van der Waals surface area contributed by atoms with E-state index in [-0.39, 0.29) is 22.8 Å². The third-order valence-electron chi connectivity index (χ3n) is 3.67. The molecule has 2 rings (SSSR count). The highest BCUT2D eigenvalue weighted by Gasteiger charge is 2.23. The molecule has 1 aromatic carbocycles. The number of hydrogen-bond donors (Lipinski definition) is 1. The number of furan rings is 1. The zero-order valence-electron chi connectivity index (χ0n) is 15.6. The highest BCUT2D eigenvalue weighted by molar-refractivity contribution is 7.96. The van der Waals surface area contributed by atoms with Gasteiger partial charge in [-0.1, -0.05) is 31.4 Å². The molecule has 28 heavy (non-hydrogen) atoms. The summed E-state index contributed by atoms with van der Waals surface area (Å²) in [6.07, 6.45) is 7.08. The van der Waals surface area contributed by atoms with Crippen LogP contribution in [0, 0.1) is 0 Å². The molecule has 0 fully saturated rings. The summed E-state index contributed by atoms with van der Waals surface area (Å²) >= 11 is 0. The number of carbonyl (C=O) groups is 1. The SMILES string of the molecule is C=C/C=C\C(=C/C=C)S(=O)(=O)Nc1ccc2oc(COC)c(C(=O)OC)c2c1. The number of nitrogens with one attached hydrogen (secondary N) is 1. The van der Waals surface area contributed by atoms with Crippen molar-refractivity contribution >= 4 is 32.6 Å². The summed E-state index contributed by atoms with van der Waals surface area (Å²) in [5.74, 6) is -0.308. The average Bonchev–Trinajstić information content (AvgIpc) is 3.01. The van der Waals surface area contributed by atoms with Crippen molar-refractivity contribution in [3.63, 3.8) is 0 Å². The summed E-state index contributed by atoms with van der Waals surface area (Å²) in [6, 6.07) is 4.60. The van der Waals surface area contributed by atoms with E-state index in [2.05, 4.69) is 17.9 Å². The first-order valence-electron chi connectivity index (χ1n) is 8.15. The molecular weight excluding hydrogens is 382 g/mol. The van der Waals surface area contributed by atoms with Crippen molar-refractivity contribution in [2.75, 3.05) is 18.9 Å². The van der Waals surface area contributed by atoms with Gasteiger partial charge in [0.1, 0.15) is 23.5 Å². The Morgan fingerprint density at radius 2 is 2.00 bits per heavy atom. The molecule has 0 spiro atoms. The number of esters is 1. The zero-order chi connectivity index (χ0) is 20.7. The van der Waals surface area contributed by atoms with Crippen molar-refractivity contribution in [3.8, 4) is 0 Å². The third-order valence-corrected chi connectivity index (χ3v) is 5.06. The molecule has 1 N–H and O–H groups in total. The molecule has 1 heterocycles. The number of allylic oxidation sites excluding steroid dienone is 5. The maximum absolute atomic E-state index is 12.7. The molecule has 0 saturated carbocycles. The molecule has 8 heteroatoms. The van der Waals surface area contributed by atoms with Gasteiger partial charge in [-0.3, -0.25) is 4.72 Å². The van der Waals surface area contributed by atoms with Gasteiger partial charge in [0.05, 0.1) is 12.0 Å². The maximum Gasteiger partial charge on any atom is 0.342 e. The minimum atomic E-state index is -3.89. The number of sulfonamides is 1. The number of methoxy groups -OCH3 is 2. The van der Waals surface area contributed by atoms with Crippen molar-refractivity contribution in [1.29, 1.82) is 0 Å². The second-order valence-corrected chi connectivity index (χ2v) is 7.22. The van der Waals surface area contributed by atoms with Gasteiger partial charge in [-0.25, -0.2) is 13.2 Å². The van der Waals surface area contributed by atoms with Gasteiger partial charge in [0.2, 0.25) is 0 Å². The number of anilines is 1. The van der Waals surface area contributed by atoms with E-state index in [1.165, 1.54) is 56.7 Å². The van der Waals surface area contributed by atoms with Gasteiger partial charge in [-0.05, 0) is 30.4 Å². The summed E-state index contributed by atoms with van der Waals surface area (Å²) < 4.78 is 43.3. The molecule has 0 atom stereocenters. The van der Waals surface area contributed by atoms with E-state index in [1.807, 2.05) is 0 Å². The van der Waals surface area contributed by atoms with Gasteiger partial charge in [0, 0.05) is 18.2 Å².